The lowest BCUT2D eigenvalue weighted by Crippen LogP contribution is -2.36. The molecule has 0 aliphatic carbocycles. The van der Waals surface area contributed by atoms with Crippen LogP contribution in [0.4, 0.5) is 5.82 Å². The van der Waals surface area contributed by atoms with Crippen LogP contribution in [0.25, 0.3) is 0 Å². The monoisotopic (exact) mass is 358 g/mol. The van der Waals surface area contributed by atoms with Crippen LogP contribution < -0.4 is 4.90 Å². The van der Waals surface area contributed by atoms with Gasteiger partial charge in [-0.2, -0.15) is 0 Å². The van der Waals surface area contributed by atoms with Gasteiger partial charge in [0, 0.05) is 38.8 Å². The standard InChI is InChI=1S/C18H22N4O4/c1-11-5-6-14(18(24)25)16(19-11)21-7-4-8-22(10-9-21)17(23)15-12(2)20-13(3)26-15/h5-6H,4,7-10H2,1-3H3,(H,24,25). The molecule has 1 amide bonds. The van der Waals surface area contributed by atoms with E-state index in [0.29, 0.717) is 50.0 Å². The number of rotatable bonds is 3. The maximum Gasteiger partial charge on any atom is 0.339 e. The molecular weight excluding hydrogens is 336 g/mol. The molecule has 0 aromatic carbocycles. The highest BCUT2D eigenvalue weighted by Crippen LogP contribution is 2.21. The molecule has 8 heteroatoms. The van der Waals surface area contributed by atoms with Crippen LogP contribution in [0.3, 0.4) is 0 Å². The van der Waals surface area contributed by atoms with Gasteiger partial charge in [0.15, 0.2) is 5.89 Å². The van der Waals surface area contributed by atoms with E-state index in [1.807, 2.05) is 11.8 Å². The fraction of sp³-hybridized carbons (Fsp3) is 0.444. The number of aromatic nitrogens is 2. The number of carbonyl (C=O) groups is 2. The first-order chi connectivity index (χ1) is 12.4. The molecule has 0 saturated carbocycles. The highest BCUT2D eigenvalue weighted by Gasteiger charge is 2.26. The minimum atomic E-state index is -1.00. The highest BCUT2D eigenvalue weighted by molar-refractivity contribution is 5.94. The van der Waals surface area contributed by atoms with Gasteiger partial charge in [-0.3, -0.25) is 4.79 Å². The van der Waals surface area contributed by atoms with Crippen LogP contribution in [0.2, 0.25) is 0 Å². The van der Waals surface area contributed by atoms with E-state index in [1.54, 1.807) is 30.9 Å². The smallest absolute Gasteiger partial charge is 0.339 e. The number of amides is 1. The van der Waals surface area contributed by atoms with Crippen LogP contribution in [0.5, 0.6) is 0 Å². The molecule has 1 N–H and O–H groups in total. The van der Waals surface area contributed by atoms with Crippen LogP contribution in [0.15, 0.2) is 16.5 Å². The van der Waals surface area contributed by atoms with E-state index in [0.717, 1.165) is 5.69 Å². The maximum absolute atomic E-state index is 12.7. The second kappa shape index (κ2) is 7.15. The third kappa shape index (κ3) is 3.54. The number of aryl methyl sites for hydroxylation is 3. The molecule has 1 fully saturated rings. The number of nitrogens with zero attached hydrogens (tertiary/aromatic N) is 4. The maximum atomic E-state index is 12.7. The predicted molar refractivity (Wildman–Crippen MR) is 94.6 cm³/mol. The van der Waals surface area contributed by atoms with Crippen molar-refractivity contribution in [3.63, 3.8) is 0 Å². The first-order valence-corrected chi connectivity index (χ1v) is 8.56. The summed E-state index contributed by atoms with van der Waals surface area (Å²) in [4.78, 5) is 36.5. The summed E-state index contributed by atoms with van der Waals surface area (Å²) in [5.41, 5.74) is 1.52. The predicted octanol–water partition coefficient (Wildman–Crippen LogP) is 2.05. The number of pyridine rings is 1. The zero-order valence-electron chi connectivity index (χ0n) is 15.2. The van der Waals surface area contributed by atoms with Crippen LogP contribution >= 0.6 is 0 Å². The fourth-order valence-electron chi connectivity index (χ4n) is 3.16. The first kappa shape index (κ1) is 17.9. The quantitative estimate of drug-likeness (QED) is 0.896. The van der Waals surface area contributed by atoms with Crippen LogP contribution in [0.1, 0.15) is 44.6 Å². The minimum absolute atomic E-state index is 0.178. The molecule has 3 rings (SSSR count). The molecule has 1 saturated heterocycles. The zero-order chi connectivity index (χ0) is 18.8. The summed E-state index contributed by atoms with van der Waals surface area (Å²) in [6.45, 7) is 7.48. The van der Waals surface area contributed by atoms with Crippen molar-refractivity contribution >= 4 is 17.7 Å². The molecular formula is C18H22N4O4. The normalized spacial score (nSPS) is 15.0. The van der Waals surface area contributed by atoms with Gasteiger partial charge in [-0.05, 0) is 32.4 Å². The van der Waals surface area contributed by atoms with Gasteiger partial charge in [0.2, 0.25) is 5.76 Å². The summed E-state index contributed by atoms with van der Waals surface area (Å²) >= 11 is 0. The summed E-state index contributed by atoms with van der Waals surface area (Å²) < 4.78 is 5.44. The van der Waals surface area contributed by atoms with Gasteiger partial charge in [-0.25, -0.2) is 14.8 Å². The number of carboxylic acids is 1. The van der Waals surface area contributed by atoms with Crippen LogP contribution in [0, 0.1) is 20.8 Å². The van der Waals surface area contributed by atoms with Gasteiger partial charge in [0.05, 0.1) is 5.69 Å². The van der Waals surface area contributed by atoms with Crippen molar-refractivity contribution < 1.29 is 19.1 Å². The van der Waals surface area contributed by atoms with Crippen molar-refractivity contribution in [2.24, 2.45) is 0 Å². The van der Waals surface area contributed by atoms with Gasteiger partial charge in [-0.15, -0.1) is 0 Å². The molecule has 3 heterocycles. The molecule has 0 bridgehead atoms. The van der Waals surface area contributed by atoms with Crippen molar-refractivity contribution in [3.8, 4) is 0 Å². The van der Waals surface area contributed by atoms with Gasteiger partial charge < -0.3 is 19.3 Å². The average Bonchev–Trinajstić information content (AvgIpc) is 2.80. The lowest BCUT2D eigenvalue weighted by molar-refractivity contribution is 0.0694. The SMILES string of the molecule is Cc1ccc(C(=O)O)c(N2CCCN(C(=O)c3oc(C)nc3C)CC2)n1. The van der Waals surface area contributed by atoms with E-state index in [4.69, 9.17) is 4.42 Å². The summed E-state index contributed by atoms with van der Waals surface area (Å²) in [5, 5.41) is 9.43. The Morgan fingerprint density at radius 1 is 1.08 bits per heavy atom. The number of carbonyl (C=O) groups excluding carboxylic acids is 1. The Hall–Kier alpha value is -2.90. The number of anilines is 1. The molecule has 0 atom stereocenters. The molecule has 2 aromatic heterocycles. The largest absolute Gasteiger partial charge is 0.478 e. The number of aromatic carboxylic acids is 1. The molecule has 26 heavy (non-hydrogen) atoms. The molecule has 0 unspecified atom stereocenters. The molecule has 2 aromatic rings. The van der Waals surface area contributed by atoms with E-state index >= 15 is 0 Å². The molecule has 8 nitrogen and oxygen atoms in total. The van der Waals surface area contributed by atoms with Crippen LogP contribution in [-0.2, 0) is 0 Å². The molecule has 0 radical (unpaired) electrons. The van der Waals surface area contributed by atoms with Crippen molar-refractivity contribution in [2.75, 3.05) is 31.1 Å². The highest BCUT2D eigenvalue weighted by atomic mass is 16.4. The number of oxazole rings is 1. The van der Waals surface area contributed by atoms with E-state index in [-0.39, 0.29) is 17.2 Å². The van der Waals surface area contributed by atoms with E-state index in [2.05, 4.69) is 9.97 Å². The Bertz CT molecular complexity index is 846. The number of hydrogen-bond acceptors (Lipinski definition) is 6. The van der Waals surface area contributed by atoms with Gasteiger partial charge in [0.1, 0.15) is 11.4 Å². The van der Waals surface area contributed by atoms with E-state index < -0.39 is 5.97 Å². The Balaban J connectivity index is 1.79. The Labute approximate surface area is 151 Å². The van der Waals surface area contributed by atoms with Gasteiger partial charge in [0.25, 0.3) is 5.91 Å². The topological polar surface area (TPSA) is 99.8 Å². The molecule has 0 spiro atoms. The molecule has 1 aliphatic heterocycles. The van der Waals surface area contributed by atoms with Crippen molar-refractivity contribution in [3.05, 3.63) is 40.7 Å². The van der Waals surface area contributed by atoms with Crippen molar-refractivity contribution in [2.45, 2.75) is 27.2 Å². The summed E-state index contributed by atoms with van der Waals surface area (Å²) in [7, 11) is 0. The van der Waals surface area contributed by atoms with E-state index in [9.17, 15) is 14.7 Å². The van der Waals surface area contributed by atoms with Crippen molar-refractivity contribution in [1.82, 2.24) is 14.9 Å². The van der Waals surface area contributed by atoms with Crippen LogP contribution in [-0.4, -0.2) is 58.0 Å². The summed E-state index contributed by atoms with van der Waals surface area (Å²) in [6, 6.07) is 3.27. The van der Waals surface area contributed by atoms with Crippen molar-refractivity contribution in [1.29, 1.82) is 0 Å². The lowest BCUT2D eigenvalue weighted by atomic mass is 10.2. The third-order valence-corrected chi connectivity index (χ3v) is 4.43. The zero-order valence-corrected chi connectivity index (χ0v) is 15.2. The van der Waals surface area contributed by atoms with Gasteiger partial charge >= 0.3 is 5.97 Å². The first-order valence-electron chi connectivity index (χ1n) is 8.56. The second-order valence-electron chi connectivity index (χ2n) is 6.41. The fourth-order valence-corrected chi connectivity index (χ4v) is 3.16. The van der Waals surface area contributed by atoms with Gasteiger partial charge in [-0.1, -0.05) is 0 Å². The summed E-state index contributed by atoms with van der Waals surface area (Å²) in [6.07, 6.45) is 0.715. The van der Waals surface area contributed by atoms with E-state index in [1.165, 1.54) is 0 Å². The lowest BCUT2D eigenvalue weighted by Gasteiger charge is -2.24. The Morgan fingerprint density at radius 2 is 1.85 bits per heavy atom. The average molecular weight is 358 g/mol. The summed E-state index contributed by atoms with van der Waals surface area (Å²) in [5.74, 6) is 0.0183. The molecule has 1 aliphatic rings. The second-order valence-corrected chi connectivity index (χ2v) is 6.41. The molecule has 138 valence electrons. The Morgan fingerprint density at radius 3 is 2.50 bits per heavy atom. The number of carboxylic acid groups (broad SMARTS) is 1. The third-order valence-electron chi connectivity index (χ3n) is 4.43. The number of hydrogen-bond donors (Lipinski definition) is 1. The Kier molecular flexibility index (Phi) is 4.92. The minimum Gasteiger partial charge on any atom is -0.478 e.